The number of nitrogens with zero attached hydrogens (tertiary/aromatic N) is 2. The van der Waals surface area contributed by atoms with Crippen molar-refractivity contribution in [3.63, 3.8) is 0 Å². The first kappa shape index (κ1) is 13.3. The van der Waals surface area contributed by atoms with Crippen LogP contribution in [0.1, 0.15) is 18.7 Å². The first-order valence-electron chi connectivity index (χ1n) is 7.01. The van der Waals surface area contributed by atoms with Gasteiger partial charge in [-0.05, 0) is 18.6 Å². The molecule has 104 valence electrons. The average Bonchev–Trinajstić information content (AvgIpc) is 2.57. The smallest absolute Gasteiger partial charge is 0.0806 e. The third-order valence-corrected chi connectivity index (χ3v) is 3.41. The second-order valence-corrected chi connectivity index (χ2v) is 4.91. The highest BCUT2D eigenvalue weighted by atomic mass is 14.9. The van der Waals surface area contributed by atoms with Crippen LogP contribution in [0, 0.1) is 0 Å². The van der Waals surface area contributed by atoms with Crippen LogP contribution in [0.3, 0.4) is 0 Å². The topological polar surface area (TPSA) is 37.8 Å². The van der Waals surface area contributed by atoms with Gasteiger partial charge in [0.15, 0.2) is 0 Å². The second kappa shape index (κ2) is 6.18. The molecule has 0 aliphatic rings. The van der Waals surface area contributed by atoms with Crippen molar-refractivity contribution in [2.45, 2.75) is 13.0 Å². The molecule has 0 aliphatic carbocycles. The number of aromatic nitrogens is 2. The number of hydrogen-bond acceptors (Lipinski definition) is 3. The van der Waals surface area contributed by atoms with Crippen molar-refractivity contribution in [1.82, 2.24) is 9.97 Å². The number of anilines is 1. The van der Waals surface area contributed by atoms with E-state index in [9.17, 15) is 0 Å². The van der Waals surface area contributed by atoms with E-state index < -0.39 is 0 Å². The molecular formula is C18H17N3. The summed E-state index contributed by atoms with van der Waals surface area (Å²) in [4.78, 5) is 8.48. The third-order valence-electron chi connectivity index (χ3n) is 3.41. The molecule has 0 radical (unpaired) electrons. The molecule has 1 unspecified atom stereocenters. The number of nitrogens with one attached hydrogen (secondary N) is 1. The molecule has 2 aromatic carbocycles. The van der Waals surface area contributed by atoms with Crippen LogP contribution in [0.15, 0.2) is 73.2 Å². The molecule has 1 heterocycles. The van der Waals surface area contributed by atoms with Gasteiger partial charge in [0.05, 0.1) is 17.9 Å². The van der Waals surface area contributed by atoms with Gasteiger partial charge in [-0.15, -0.1) is 0 Å². The van der Waals surface area contributed by atoms with Gasteiger partial charge in [0.2, 0.25) is 0 Å². The van der Waals surface area contributed by atoms with Gasteiger partial charge in [-0.1, -0.05) is 48.5 Å². The quantitative estimate of drug-likeness (QED) is 0.770. The van der Waals surface area contributed by atoms with Crippen molar-refractivity contribution in [2.24, 2.45) is 0 Å². The van der Waals surface area contributed by atoms with E-state index in [1.165, 1.54) is 11.1 Å². The van der Waals surface area contributed by atoms with Gasteiger partial charge in [0.1, 0.15) is 0 Å². The van der Waals surface area contributed by atoms with Gasteiger partial charge in [-0.2, -0.15) is 0 Å². The van der Waals surface area contributed by atoms with E-state index in [2.05, 4.69) is 64.7 Å². The molecule has 0 amide bonds. The summed E-state index contributed by atoms with van der Waals surface area (Å²) in [6.07, 6.45) is 5.20. The van der Waals surface area contributed by atoms with Crippen molar-refractivity contribution in [2.75, 3.05) is 5.32 Å². The van der Waals surface area contributed by atoms with Crippen molar-refractivity contribution < 1.29 is 0 Å². The van der Waals surface area contributed by atoms with E-state index >= 15 is 0 Å². The maximum Gasteiger partial charge on any atom is 0.0806 e. The lowest BCUT2D eigenvalue weighted by atomic mass is 10.0. The largest absolute Gasteiger partial charge is 0.376 e. The molecule has 0 saturated heterocycles. The van der Waals surface area contributed by atoms with Gasteiger partial charge >= 0.3 is 0 Å². The molecule has 3 rings (SSSR count). The first-order chi connectivity index (χ1) is 10.3. The van der Waals surface area contributed by atoms with Crippen LogP contribution in [0.4, 0.5) is 5.69 Å². The zero-order valence-corrected chi connectivity index (χ0v) is 11.9. The summed E-state index contributed by atoms with van der Waals surface area (Å²) < 4.78 is 0. The minimum absolute atomic E-state index is 0.101. The fourth-order valence-electron chi connectivity index (χ4n) is 2.32. The Balaban J connectivity index is 1.90. The Morgan fingerprint density at radius 1 is 0.905 bits per heavy atom. The van der Waals surface area contributed by atoms with E-state index in [4.69, 9.17) is 0 Å². The second-order valence-electron chi connectivity index (χ2n) is 4.91. The number of benzene rings is 2. The summed E-state index contributed by atoms with van der Waals surface area (Å²) in [7, 11) is 0. The predicted octanol–water partition coefficient (Wildman–Crippen LogP) is 4.32. The highest BCUT2D eigenvalue weighted by Gasteiger charge is 2.10. The normalized spacial score (nSPS) is 11.9. The lowest BCUT2D eigenvalue weighted by Gasteiger charge is -2.17. The van der Waals surface area contributed by atoms with Gasteiger partial charge in [-0.25, -0.2) is 0 Å². The maximum absolute atomic E-state index is 4.35. The van der Waals surface area contributed by atoms with E-state index in [0.29, 0.717) is 0 Å². The summed E-state index contributed by atoms with van der Waals surface area (Å²) in [5.74, 6) is 0. The van der Waals surface area contributed by atoms with E-state index in [-0.39, 0.29) is 6.04 Å². The van der Waals surface area contributed by atoms with Crippen LogP contribution >= 0.6 is 0 Å². The maximum atomic E-state index is 4.35. The molecule has 0 bridgehead atoms. The third kappa shape index (κ3) is 3.08. The van der Waals surface area contributed by atoms with E-state index in [0.717, 1.165) is 11.4 Å². The Bertz CT molecular complexity index is 696. The summed E-state index contributed by atoms with van der Waals surface area (Å²) in [5, 5.41) is 3.52. The predicted molar refractivity (Wildman–Crippen MR) is 85.9 cm³/mol. The molecule has 0 aliphatic heterocycles. The Hall–Kier alpha value is -2.68. The summed E-state index contributed by atoms with van der Waals surface area (Å²) in [6.45, 7) is 2.09. The summed E-state index contributed by atoms with van der Waals surface area (Å²) >= 11 is 0. The van der Waals surface area contributed by atoms with Gasteiger partial charge in [-0.3, -0.25) is 9.97 Å². The first-order valence-corrected chi connectivity index (χ1v) is 7.01. The fourth-order valence-corrected chi connectivity index (χ4v) is 2.32. The number of hydrogen-bond donors (Lipinski definition) is 1. The van der Waals surface area contributed by atoms with E-state index in [1.54, 1.807) is 18.6 Å². The van der Waals surface area contributed by atoms with Crippen LogP contribution in [0.25, 0.3) is 11.1 Å². The molecule has 0 spiro atoms. The highest BCUT2D eigenvalue weighted by Crippen LogP contribution is 2.29. The van der Waals surface area contributed by atoms with Gasteiger partial charge in [0.25, 0.3) is 0 Å². The molecular weight excluding hydrogens is 258 g/mol. The molecule has 1 atom stereocenters. The van der Waals surface area contributed by atoms with Gasteiger partial charge in [0, 0.05) is 23.6 Å². The lowest BCUT2D eigenvalue weighted by molar-refractivity contribution is 0.828. The molecule has 0 saturated carbocycles. The molecule has 0 fully saturated rings. The Kier molecular flexibility index (Phi) is 3.92. The van der Waals surface area contributed by atoms with Gasteiger partial charge < -0.3 is 5.32 Å². The Morgan fingerprint density at radius 2 is 1.67 bits per heavy atom. The zero-order valence-electron chi connectivity index (χ0n) is 11.9. The minimum Gasteiger partial charge on any atom is -0.376 e. The SMILES string of the molecule is CC(Nc1ccccc1-c1ccccc1)c1cnccn1. The van der Waals surface area contributed by atoms with Crippen LogP contribution in [-0.2, 0) is 0 Å². The van der Waals surface area contributed by atoms with Crippen LogP contribution in [-0.4, -0.2) is 9.97 Å². The average molecular weight is 275 g/mol. The van der Waals surface area contributed by atoms with Crippen molar-refractivity contribution in [3.05, 3.63) is 78.9 Å². The van der Waals surface area contributed by atoms with Crippen molar-refractivity contribution in [3.8, 4) is 11.1 Å². The molecule has 21 heavy (non-hydrogen) atoms. The van der Waals surface area contributed by atoms with Crippen molar-refractivity contribution in [1.29, 1.82) is 0 Å². The Morgan fingerprint density at radius 3 is 2.43 bits per heavy atom. The van der Waals surface area contributed by atoms with Crippen LogP contribution in [0.2, 0.25) is 0 Å². The molecule has 3 nitrogen and oxygen atoms in total. The molecule has 1 N–H and O–H groups in total. The molecule has 1 aromatic heterocycles. The molecule has 3 heteroatoms. The summed E-state index contributed by atoms with van der Waals surface area (Å²) in [6, 6.07) is 18.8. The monoisotopic (exact) mass is 275 g/mol. The standard InChI is InChI=1S/C18H17N3/c1-14(18-13-19-11-12-20-18)21-17-10-6-5-9-16(17)15-7-3-2-4-8-15/h2-14,21H,1H3. The summed E-state index contributed by atoms with van der Waals surface area (Å²) in [5.41, 5.74) is 4.42. The van der Waals surface area contributed by atoms with E-state index in [1.807, 2.05) is 12.1 Å². The fraction of sp³-hybridized carbons (Fsp3) is 0.111. The zero-order chi connectivity index (χ0) is 14.5. The Labute approximate surface area is 124 Å². The number of para-hydroxylation sites is 1. The molecule has 3 aromatic rings. The van der Waals surface area contributed by atoms with Crippen LogP contribution < -0.4 is 5.32 Å². The number of rotatable bonds is 4. The lowest BCUT2D eigenvalue weighted by Crippen LogP contribution is -2.09. The highest BCUT2D eigenvalue weighted by molar-refractivity contribution is 5.77. The van der Waals surface area contributed by atoms with Crippen molar-refractivity contribution >= 4 is 5.69 Å². The minimum atomic E-state index is 0.101. The van der Waals surface area contributed by atoms with Crippen LogP contribution in [0.5, 0.6) is 0 Å².